The first kappa shape index (κ1) is 24.4. The van der Waals surface area contributed by atoms with Gasteiger partial charge in [0.05, 0.1) is 15.8 Å². The molecule has 0 aliphatic carbocycles. The number of amides is 1. The molecule has 6 nitrogen and oxygen atoms in total. The number of anilines is 1. The highest BCUT2D eigenvalue weighted by atomic mass is 35.5. The fraction of sp³-hybridized carbons (Fsp3) is 0.348. The van der Waals surface area contributed by atoms with E-state index in [9.17, 15) is 4.79 Å². The highest BCUT2D eigenvalue weighted by Crippen LogP contribution is 2.29. The van der Waals surface area contributed by atoms with Gasteiger partial charge in [0, 0.05) is 12.2 Å². The van der Waals surface area contributed by atoms with Gasteiger partial charge in [-0.2, -0.15) is 0 Å². The minimum absolute atomic E-state index is 0.168. The maximum atomic E-state index is 12.3. The Kier molecular flexibility index (Phi) is 8.45. The first-order chi connectivity index (χ1) is 15.3. The number of benzene rings is 2. The molecule has 1 amide bonds. The van der Waals surface area contributed by atoms with Crippen molar-refractivity contribution in [1.82, 2.24) is 14.8 Å². The van der Waals surface area contributed by atoms with E-state index in [-0.39, 0.29) is 11.7 Å². The van der Waals surface area contributed by atoms with Gasteiger partial charge in [0.2, 0.25) is 5.91 Å². The Labute approximate surface area is 202 Å². The lowest BCUT2D eigenvalue weighted by Crippen LogP contribution is -2.15. The van der Waals surface area contributed by atoms with Crippen molar-refractivity contribution in [3.05, 3.63) is 63.4 Å². The molecule has 170 valence electrons. The number of nitrogens with zero attached hydrogens (tertiary/aromatic N) is 3. The third-order valence-electron chi connectivity index (χ3n) is 4.79. The van der Waals surface area contributed by atoms with Crippen LogP contribution in [0.3, 0.4) is 0 Å². The molecular formula is C23H26Cl2N4O2S. The number of nitrogens with one attached hydrogen (secondary N) is 1. The van der Waals surface area contributed by atoms with Gasteiger partial charge in [-0.1, -0.05) is 60.9 Å². The van der Waals surface area contributed by atoms with Gasteiger partial charge < -0.3 is 14.6 Å². The summed E-state index contributed by atoms with van der Waals surface area (Å²) in [6, 6.07) is 11.2. The Balaban J connectivity index is 1.63. The van der Waals surface area contributed by atoms with Crippen molar-refractivity contribution in [1.29, 1.82) is 0 Å². The molecule has 0 bridgehead atoms. The number of ether oxygens (including phenoxy) is 1. The van der Waals surface area contributed by atoms with E-state index in [4.69, 9.17) is 27.9 Å². The molecule has 0 saturated heterocycles. The smallest absolute Gasteiger partial charge is 0.234 e. The van der Waals surface area contributed by atoms with Crippen molar-refractivity contribution >= 4 is 46.6 Å². The monoisotopic (exact) mass is 492 g/mol. The van der Waals surface area contributed by atoms with E-state index in [2.05, 4.69) is 41.5 Å². The fourth-order valence-electron chi connectivity index (χ4n) is 3.14. The second kappa shape index (κ2) is 11.1. The van der Waals surface area contributed by atoms with Crippen LogP contribution in [0, 0.1) is 6.92 Å². The van der Waals surface area contributed by atoms with Crippen LogP contribution in [0.5, 0.6) is 5.75 Å². The van der Waals surface area contributed by atoms with E-state index in [1.165, 1.54) is 11.8 Å². The number of hydrogen-bond acceptors (Lipinski definition) is 5. The van der Waals surface area contributed by atoms with Crippen molar-refractivity contribution < 1.29 is 9.53 Å². The van der Waals surface area contributed by atoms with Gasteiger partial charge >= 0.3 is 0 Å². The van der Waals surface area contributed by atoms with Gasteiger partial charge in [-0.05, 0) is 55.2 Å². The van der Waals surface area contributed by atoms with E-state index in [0.717, 1.165) is 22.7 Å². The van der Waals surface area contributed by atoms with Crippen molar-refractivity contribution in [2.24, 2.45) is 0 Å². The Morgan fingerprint density at radius 3 is 2.62 bits per heavy atom. The van der Waals surface area contributed by atoms with Crippen LogP contribution in [-0.4, -0.2) is 26.4 Å². The lowest BCUT2D eigenvalue weighted by atomic mass is 10.0. The molecule has 3 aromatic rings. The molecule has 9 heteroatoms. The number of rotatable bonds is 9. The summed E-state index contributed by atoms with van der Waals surface area (Å²) < 4.78 is 8.07. The van der Waals surface area contributed by atoms with Crippen molar-refractivity contribution in [3.63, 3.8) is 0 Å². The first-order valence-corrected chi connectivity index (χ1v) is 12.1. The Hall–Kier alpha value is -2.22. The molecule has 32 heavy (non-hydrogen) atoms. The molecule has 0 aliphatic rings. The maximum Gasteiger partial charge on any atom is 0.234 e. The van der Waals surface area contributed by atoms with Crippen LogP contribution >= 0.6 is 35.0 Å². The van der Waals surface area contributed by atoms with E-state index >= 15 is 0 Å². The maximum absolute atomic E-state index is 12.3. The van der Waals surface area contributed by atoms with E-state index in [1.807, 2.05) is 24.5 Å². The van der Waals surface area contributed by atoms with Crippen LogP contribution in [0.25, 0.3) is 0 Å². The quantitative estimate of drug-likeness (QED) is 0.352. The zero-order valence-corrected chi connectivity index (χ0v) is 20.8. The minimum atomic E-state index is -0.168. The predicted molar refractivity (Wildman–Crippen MR) is 131 cm³/mol. The Morgan fingerprint density at radius 1 is 1.16 bits per heavy atom. The largest absolute Gasteiger partial charge is 0.485 e. The summed E-state index contributed by atoms with van der Waals surface area (Å²) in [6.07, 6.45) is 0. The molecule has 0 radical (unpaired) electrons. The summed E-state index contributed by atoms with van der Waals surface area (Å²) in [5.41, 5.74) is 2.90. The molecule has 1 N–H and O–H groups in total. The number of hydrogen-bond donors (Lipinski definition) is 1. The van der Waals surface area contributed by atoms with Crippen LogP contribution in [0.1, 0.15) is 43.6 Å². The molecule has 0 spiro atoms. The standard InChI is InChI=1S/C23H26Cl2N4O2S/c1-5-29-21(12-31-20-10-15(4)6-8-17(20)14(2)3)27-28-23(29)32-13-22(30)26-16-7-9-18(24)19(25)11-16/h6-11,14H,5,12-13H2,1-4H3,(H,26,30). The summed E-state index contributed by atoms with van der Waals surface area (Å²) in [5, 5.41) is 12.9. The van der Waals surface area contributed by atoms with Gasteiger partial charge in [0.25, 0.3) is 0 Å². The number of carbonyl (C=O) groups is 1. The summed E-state index contributed by atoms with van der Waals surface area (Å²) in [6.45, 7) is 9.32. The molecule has 0 saturated carbocycles. The van der Waals surface area contributed by atoms with Gasteiger partial charge in [-0.15, -0.1) is 10.2 Å². The number of halogens is 2. The Morgan fingerprint density at radius 2 is 1.94 bits per heavy atom. The average Bonchev–Trinajstić information content (AvgIpc) is 3.15. The topological polar surface area (TPSA) is 69.0 Å². The van der Waals surface area contributed by atoms with Crippen LogP contribution in [0.4, 0.5) is 5.69 Å². The van der Waals surface area contributed by atoms with Gasteiger partial charge in [-0.3, -0.25) is 4.79 Å². The van der Waals surface area contributed by atoms with E-state index in [1.54, 1.807) is 18.2 Å². The summed E-state index contributed by atoms with van der Waals surface area (Å²) >= 11 is 13.2. The molecule has 0 fully saturated rings. The highest BCUT2D eigenvalue weighted by Gasteiger charge is 2.15. The van der Waals surface area contributed by atoms with Crippen molar-refractivity contribution in [2.45, 2.75) is 51.9 Å². The number of aryl methyl sites for hydroxylation is 1. The predicted octanol–water partition coefficient (Wildman–Crippen LogP) is 6.35. The van der Waals surface area contributed by atoms with Crippen LogP contribution in [-0.2, 0) is 17.9 Å². The number of aromatic nitrogens is 3. The normalized spacial score (nSPS) is 11.1. The lowest BCUT2D eigenvalue weighted by molar-refractivity contribution is -0.113. The summed E-state index contributed by atoms with van der Waals surface area (Å²) in [7, 11) is 0. The summed E-state index contributed by atoms with van der Waals surface area (Å²) in [5.74, 6) is 1.96. The molecule has 2 aromatic carbocycles. The Bertz CT molecular complexity index is 1100. The molecule has 0 unspecified atom stereocenters. The minimum Gasteiger partial charge on any atom is -0.485 e. The van der Waals surface area contributed by atoms with Gasteiger partial charge in [0.15, 0.2) is 11.0 Å². The molecule has 0 atom stereocenters. The SMILES string of the molecule is CCn1c(COc2cc(C)ccc2C(C)C)nnc1SCC(=O)Nc1ccc(Cl)c(Cl)c1. The van der Waals surface area contributed by atoms with Gasteiger partial charge in [-0.25, -0.2) is 0 Å². The third-order valence-corrected chi connectivity index (χ3v) is 6.50. The molecule has 1 heterocycles. The van der Waals surface area contributed by atoms with Gasteiger partial charge in [0.1, 0.15) is 12.4 Å². The van der Waals surface area contributed by atoms with Crippen LogP contribution in [0.15, 0.2) is 41.6 Å². The zero-order valence-electron chi connectivity index (χ0n) is 18.5. The fourth-order valence-corrected chi connectivity index (χ4v) is 4.26. The molecular weight excluding hydrogens is 467 g/mol. The van der Waals surface area contributed by atoms with E-state index < -0.39 is 0 Å². The lowest BCUT2D eigenvalue weighted by Gasteiger charge is -2.15. The number of carbonyl (C=O) groups excluding carboxylic acids is 1. The molecule has 0 aliphatic heterocycles. The highest BCUT2D eigenvalue weighted by molar-refractivity contribution is 7.99. The van der Waals surface area contributed by atoms with Crippen molar-refractivity contribution in [2.75, 3.05) is 11.1 Å². The van der Waals surface area contributed by atoms with Crippen LogP contribution < -0.4 is 10.1 Å². The summed E-state index contributed by atoms with van der Waals surface area (Å²) in [4.78, 5) is 12.3. The molecule has 3 rings (SSSR count). The van der Waals surface area contributed by atoms with Crippen LogP contribution in [0.2, 0.25) is 10.0 Å². The zero-order chi connectivity index (χ0) is 23.3. The second-order valence-corrected chi connectivity index (χ2v) is 9.35. The van der Waals surface area contributed by atoms with Crippen molar-refractivity contribution in [3.8, 4) is 5.75 Å². The second-order valence-electron chi connectivity index (χ2n) is 7.59. The number of thioether (sulfide) groups is 1. The molecule has 1 aromatic heterocycles. The third kappa shape index (κ3) is 6.18. The average molecular weight is 493 g/mol. The van der Waals surface area contributed by atoms with E-state index in [0.29, 0.717) is 40.0 Å². The first-order valence-electron chi connectivity index (χ1n) is 10.3.